The molecule has 1 saturated heterocycles. The monoisotopic (exact) mass is 294 g/mol. The Kier molecular flexibility index (Phi) is 3.71. The van der Waals surface area contributed by atoms with Gasteiger partial charge in [0.1, 0.15) is 5.92 Å². The number of hydrogen-bond acceptors (Lipinski definition) is 4. The highest BCUT2D eigenvalue weighted by atomic mass is 32.1. The second kappa shape index (κ2) is 5.35. The molecule has 1 aromatic rings. The zero-order valence-corrected chi connectivity index (χ0v) is 12.9. The van der Waals surface area contributed by atoms with E-state index in [9.17, 15) is 9.90 Å². The van der Waals surface area contributed by atoms with Gasteiger partial charge in [-0.05, 0) is 37.5 Å². The van der Waals surface area contributed by atoms with Crippen LogP contribution >= 0.6 is 11.3 Å². The SMILES string of the molecule is CC1CCN(c2nc3c(s2)CCCC3C(=O)O)CC1C. The van der Waals surface area contributed by atoms with E-state index in [1.54, 1.807) is 11.3 Å². The number of aryl methyl sites for hydroxylation is 1. The summed E-state index contributed by atoms with van der Waals surface area (Å²) in [6, 6.07) is 0. The molecule has 110 valence electrons. The molecule has 0 saturated carbocycles. The molecule has 0 aromatic carbocycles. The van der Waals surface area contributed by atoms with Crippen LogP contribution in [0.4, 0.5) is 5.13 Å². The van der Waals surface area contributed by atoms with Gasteiger partial charge in [0, 0.05) is 18.0 Å². The Hall–Kier alpha value is -1.10. The van der Waals surface area contributed by atoms with Crippen LogP contribution in [0.2, 0.25) is 0 Å². The van der Waals surface area contributed by atoms with Gasteiger partial charge in [0.25, 0.3) is 0 Å². The number of aliphatic carboxylic acids is 1. The van der Waals surface area contributed by atoms with Crippen molar-refractivity contribution in [3.63, 3.8) is 0 Å². The van der Waals surface area contributed by atoms with E-state index in [0.717, 1.165) is 49.1 Å². The molecule has 0 spiro atoms. The van der Waals surface area contributed by atoms with Crippen LogP contribution in [0.25, 0.3) is 0 Å². The lowest BCUT2D eigenvalue weighted by Crippen LogP contribution is -2.38. The third-order valence-corrected chi connectivity index (χ3v) is 6.04. The number of piperidine rings is 1. The van der Waals surface area contributed by atoms with E-state index in [1.165, 1.54) is 11.3 Å². The van der Waals surface area contributed by atoms with Gasteiger partial charge in [-0.1, -0.05) is 13.8 Å². The van der Waals surface area contributed by atoms with Crippen molar-refractivity contribution in [2.45, 2.75) is 45.4 Å². The van der Waals surface area contributed by atoms with Crippen LogP contribution in [0.5, 0.6) is 0 Å². The summed E-state index contributed by atoms with van der Waals surface area (Å²) in [6.07, 6.45) is 3.91. The van der Waals surface area contributed by atoms with Crippen molar-refractivity contribution in [2.75, 3.05) is 18.0 Å². The Bertz CT molecular complexity index is 514. The summed E-state index contributed by atoms with van der Waals surface area (Å²) in [5.74, 6) is 0.348. The van der Waals surface area contributed by atoms with Gasteiger partial charge >= 0.3 is 5.97 Å². The van der Waals surface area contributed by atoms with Crippen LogP contribution in [0, 0.1) is 11.8 Å². The summed E-state index contributed by atoms with van der Waals surface area (Å²) in [5.41, 5.74) is 0.843. The molecular weight excluding hydrogens is 272 g/mol. The minimum absolute atomic E-state index is 0.384. The van der Waals surface area contributed by atoms with Crippen LogP contribution in [-0.4, -0.2) is 29.1 Å². The Labute approximate surface area is 123 Å². The predicted molar refractivity (Wildman–Crippen MR) is 80.6 cm³/mol. The molecule has 0 bridgehead atoms. The maximum absolute atomic E-state index is 11.3. The Balaban J connectivity index is 1.84. The second-order valence-corrected chi connectivity index (χ2v) is 7.34. The third kappa shape index (κ3) is 2.43. The molecule has 0 radical (unpaired) electrons. The van der Waals surface area contributed by atoms with E-state index in [4.69, 9.17) is 4.98 Å². The van der Waals surface area contributed by atoms with Gasteiger partial charge in [-0.3, -0.25) is 4.79 Å². The number of aromatic nitrogens is 1. The molecule has 1 aliphatic carbocycles. The maximum Gasteiger partial charge on any atom is 0.312 e. The van der Waals surface area contributed by atoms with E-state index >= 15 is 0 Å². The van der Waals surface area contributed by atoms with E-state index in [1.807, 2.05) is 0 Å². The number of carboxylic acids is 1. The first-order valence-electron chi connectivity index (χ1n) is 7.53. The minimum Gasteiger partial charge on any atom is -0.481 e. The molecule has 2 aliphatic rings. The summed E-state index contributed by atoms with van der Waals surface area (Å²) in [4.78, 5) is 19.6. The molecule has 3 rings (SSSR count). The fraction of sp³-hybridized carbons (Fsp3) is 0.733. The molecule has 5 heteroatoms. The number of hydrogen-bond donors (Lipinski definition) is 1. The molecular formula is C15H22N2O2S. The zero-order chi connectivity index (χ0) is 14.3. The molecule has 1 aliphatic heterocycles. The first-order chi connectivity index (χ1) is 9.56. The van der Waals surface area contributed by atoms with Gasteiger partial charge in [-0.2, -0.15) is 0 Å². The molecule has 20 heavy (non-hydrogen) atoms. The smallest absolute Gasteiger partial charge is 0.312 e. The highest BCUT2D eigenvalue weighted by molar-refractivity contribution is 7.15. The molecule has 1 fully saturated rings. The number of anilines is 1. The summed E-state index contributed by atoms with van der Waals surface area (Å²) in [6.45, 7) is 6.71. The van der Waals surface area contributed by atoms with Crippen molar-refractivity contribution >= 4 is 22.4 Å². The Morgan fingerprint density at radius 2 is 2.15 bits per heavy atom. The van der Waals surface area contributed by atoms with Gasteiger partial charge in [0.2, 0.25) is 0 Å². The van der Waals surface area contributed by atoms with Gasteiger partial charge in [0.05, 0.1) is 5.69 Å². The summed E-state index contributed by atoms with van der Waals surface area (Å²) in [7, 11) is 0. The average Bonchev–Trinajstić information content (AvgIpc) is 2.85. The van der Waals surface area contributed by atoms with Gasteiger partial charge in [-0.25, -0.2) is 4.98 Å². The van der Waals surface area contributed by atoms with Crippen molar-refractivity contribution in [2.24, 2.45) is 11.8 Å². The van der Waals surface area contributed by atoms with Crippen molar-refractivity contribution < 1.29 is 9.90 Å². The summed E-state index contributed by atoms with van der Waals surface area (Å²) in [5, 5.41) is 10.4. The Morgan fingerprint density at radius 3 is 2.85 bits per heavy atom. The fourth-order valence-corrected chi connectivity index (χ4v) is 4.42. The number of rotatable bonds is 2. The molecule has 4 nitrogen and oxygen atoms in total. The van der Waals surface area contributed by atoms with Crippen LogP contribution in [0.1, 0.15) is 49.6 Å². The second-order valence-electron chi connectivity index (χ2n) is 6.28. The predicted octanol–water partition coefficient (Wildman–Crippen LogP) is 3.13. The molecule has 0 amide bonds. The van der Waals surface area contributed by atoms with Gasteiger partial charge in [-0.15, -0.1) is 11.3 Å². The normalized spacial score (nSPS) is 30.1. The number of nitrogens with zero attached hydrogens (tertiary/aromatic N) is 2. The summed E-state index contributed by atoms with van der Waals surface area (Å²) < 4.78 is 0. The Morgan fingerprint density at radius 1 is 1.35 bits per heavy atom. The largest absolute Gasteiger partial charge is 0.481 e. The van der Waals surface area contributed by atoms with Gasteiger partial charge < -0.3 is 10.0 Å². The van der Waals surface area contributed by atoms with E-state index in [-0.39, 0.29) is 5.92 Å². The first kappa shape index (κ1) is 13.9. The highest BCUT2D eigenvalue weighted by Gasteiger charge is 2.32. The first-order valence-corrected chi connectivity index (χ1v) is 8.35. The fourth-order valence-electron chi connectivity index (χ4n) is 3.22. The lowest BCUT2D eigenvalue weighted by atomic mass is 9.89. The molecule has 3 unspecified atom stereocenters. The lowest BCUT2D eigenvalue weighted by Gasteiger charge is -2.35. The summed E-state index contributed by atoms with van der Waals surface area (Å²) >= 11 is 1.72. The molecule has 2 heterocycles. The van der Waals surface area contributed by atoms with E-state index in [2.05, 4.69) is 18.7 Å². The van der Waals surface area contributed by atoms with Crippen molar-refractivity contribution in [3.05, 3.63) is 10.6 Å². The third-order valence-electron chi connectivity index (χ3n) is 4.85. The average molecular weight is 294 g/mol. The lowest BCUT2D eigenvalue weighted by molar-refractivity contribution is -0.139. The van der Waals surface area contributed by atoms with Crippen molar-refractivity contribution in [3.8, 4) is 0 Å². The molecule has 1 aromatic heterocycles. The van der Waals surface area contributed by atoms with Crippen molar-refractivity contribution in [1.29, 1.82) is 0 Å². The number of carbonyl (C=O) groups is 1. The number of thiazole rings is 1. The maximum atomic E-state index is 11.3. The van der Waals surface area contributed by atoms with Crippen LogP contribution in [0.15, 0.2) is 0 Å². The topological polar surface area (TPSA) is 53.4 Å². The highest BCUT2D eigenvalue weighted by Crippen LogP contribution is 2.39. The van der Waals surface area contributed by atoms with Crippen LogP contribution < -0.4 is 4.90 Å². The molecule has 1 N–H and O–H groups in total. The van der Waals surface area contributed by atoms with Crippen LogP contribution in [-0.2, 0) is 11.2 Å². The van der Waals surface area contributed by atoms with E-state index in [0.29, 0.717) is 5.92 Å². The van der Waals surface area contributed by atoms with Gasteiger partial charge in [0.15, 0.2) is 5.13 Å². The van der Waals surface area contributed by atoms with Crippen LogP contribution in [0.3, 0.4) is 0 Å². The quantitative estimate of drug-likeness (QED) is 0.910. The standard InChI is InChI=1S/C15H22N2O2S/c1-9-6-7-17(8-10(9)2)15-16-13-11(14(18)19)4-3-5-12(13)20-15/h9-11H,3-8H2,1-2H3,(H,18,19). The van der Waals surface area contributed by atoms with E-state index < -0.39 is 5.97 Å². The van der Waals surface area contributed by atoms with Crippen molar-refractivity contribution in [1.82, 2.24) is 4.98 Å². The number of fused-ring (bicyclic) bond motifs is 1. The number of carboxylic acid groups (broad SMARTS) is 1. The minimum atomic E-state index is -0.719. The molecule has 3 atom stereocenters. The zero-order valence-electron chi connectivity index (χ0n) is 12.1.